The molecule has 10 nitrogen and oxygen atoms in total. The largest absolute Gasteiger partial charge is 0.394 e. The molecule has 2 aromatic rings. The Labute approximate surface area is 173 Å². The summed E-state index contributed by atoms with van der Waals surface area (Å²) in [5.41, 5.74) is 1.78. The lowest BCUT2D eigenvalue weighted by molar-refractivity contribution is -0.0295. The molecule has 1 amide bonds. The second-order valence-corrected chi connectivity index (χ2v) is 7.34. The minimum absolute atomic E-state index is 0.00112. The summed E-state index contributed by atoms with van der Waals surface area (Å²) in [4.78, 5) is 42.3. The molecule has 4 N–H and O–H groups in total. The molecule has 1 atom stereocenters. The molecule has 0 radical (unpaired) electrons. The Morgan fingerprint density at radius 1 is 1.29 bits per heavy atom. The SMILES string of the molecule is Cc1cc(I)ccc1Nc1c(C(=O)NOC[C@H](O)CO)c(=O)n(C)c(=O)n1C. The van der Waals surface area contributed by atoms with Gasteiger partial charge in [0.15, 0.2) is 0 Å². The topological polar surface area (TPSA) is 135 Å². The Kier molecular flexibility index (Phi) is 7.35. The van der Waals surface area contributed by atoms with E-state index in [9.17, 15) is 19.5 Å². The maximum absolute atomic E-state index is 12.6. The highest BCUT2D eigenvalue weighted by molar-refractivity contribution is 14.1. The van der Waals surface area contributed by atoms with Crippen LogP contribution >= 0.6 is 22.6 Å². The van der Waals surface area contributed by atoms with Crippen molar-refractivity contribution < 1.29 is 19.8 Å². The molecular formula is C17H21IN4O6. The number of benzene rings is 1. The number of hydrogen-bond acceptors (Lipinski definition) is 7. The lowest BCUT2D eigenvalue weighted by atomic mass is 10.2. The van der Waals surface area contributed by atoms with Gasteiger partial charge in [-0.05, 0) is 53.3 Å². The van der Waals surface area contributed by atoms with Crippen LogP contribution in [0.3, 0.4) is 0 Å². The number of aryl methyl sites for hydroxylation is 1. The van der Waals surface area contributed by atoms with Crippen molar-refractivity contribution in [1.29, 1.82) is 0 Å². The van der Waals surface area contributed by atoms with Gasteiger partial charge >= 0.3 is 5.69 Å². The van der Waals surface area contributed by atoms with Gasteiger partial charge < -0.3 is 15.5 Å². The van der Waals surface area contributed by atoms with Gasteiger partial charge in [0.1, 0.15) is 24.1 Å². The van der Waals surface area contributed by atoms with Crippen molar-refractivity contribution >= 4 is 40.0 Å². The first-order valence-corrected chi connectivity index (χ1v) is 9.29. The predicted molar refractivity (Wildman–Crippen MR) is 111 cm³/mol. The van der Waals surface area contributed by atoms with Crippen molar-refractivity contribution in [2.75, 3.05) is 18.5 Å². The number of carbonyl (C=O) groups excluding carboxylic acids is 1. The van der Waals surface area contributed by atoms with E-state index in [1.54, 1.807) is 6.07 Å². The lowest BCUT2D eigenvalue weighted by Gasteiger charge is -2.18. The highest BCUT2D eigenvalue weighted by atomic mass is 127. The Morgan fingerprint density at radius 2 is 1.96 bits per heavy atom. The molecule has 0 bridgehead atoms. The second-order valence-electron chi connectivity index (χ2n) is 6.09. The van der Waals surface area contributed by atoms with Crippen molar-refractivity contribution in [2.45, 2.75) is 13.0 Å². The predicted octanol–water partition coefficient (Wildman–Crippen LogP) is -0.245. The number of aliphatic hydroxyl groups excluding tert-OH is 2. The van der Waals surface area contributed by atoms with Gasteiger partial charge in [0.05, 0.1) is 6.61 Å². The van der Waals surface area contributed by atoms with Crippen LogP contribution in [0.4, 0.5) is 11.5 Å². The fraction of sp³-hybridized carbons (Fsp3) is 0.353. The molecule has 152 valence electrons. The van der Waals surface area contributed by atoms with Gasteiger partial charge in [-0.15, -0.1) is 0 Å². The molecule has 0 spiro atoms. The zero-order valence-electron chi connectivity index (χ0n) is 15.5. The molecule has 2 rings (SSSR count). The quantitative estimate of drug-likeness (QED) is 0.302. The third-order valence-corrected chi connectivity index (χ3v) is 4.66. The van der Waals surface area contributed by atoms with E-state index >= 15 is 0 Å². The Morgan fingerprint density at radius 3 is 2.57 bits per heavy atom. The molecule has 0 aliphatic rings. The average Bonchev–Trinajstić information content (AvgIpc) is 2.66. The number of rotatable bonds is 7. The van der Waals surface area contributed by atoms with Crippen LogP contribution in [0.5, 0.6) is 0 Å². The van der Waals surface area contributed by atoms with E-state index in [1.807, 2.05) is 24.5 Å². The number of hydroxylamine groups is 1. The molecule has 0 aliphatic heterocycles. The molecule has 0 fully saturated rings. The third-order valence-electron chi connectivity index (χ3n) is 3.98. The highest BCUT2D eigenvalue weighted by Gasteiger charge is 2.23. The number of aliphatic hydroxyl groups is 2. The molecule has 0 saturated heterocycles. The van der Waals surface area contributed by atoms with Crippen molar-refractivity contribution in [3.8, 4) is 0 Å². The molecule has 0 unspecified atom stereocenters. The summed E-state index contributed by atoms with van der Waals surface area (Å²) >= 11 is 2.16. The Balaban J connectivity index is 2.47. The van der Waals surface area contributed by atoms with Crippen LogP contribution in [0, 0.1) is 10.5 Å². The number of carbonyl (C=O) groups is 1. The van der Waals surface area contributed by atoms with Crippen LogP contribution in [0.2, 0.25) is 0 Å². The van der Waals surface area contributed by atoms with Crippen molar-refractivity contribution in [1.82, 2.24) is 14.6 Å². The first-order valence-electron chi connectivity index (χ1n) is 8.21. The van der Waals surface area contributed by atoms with Gasteiger partial charge in [0, 0.05) is 23.4 Å². The van der Waals surface area contributed by atoms with Crippen molar-refractivity contribution in [2.24, 2.45) is 14.1 Å². The maximum atomic E-state index is 12.6. The highest BCUT2D eigenvalue weighted by Crippen LogP contribution is 2.22. The van der Waals surface area contributed by atoms with Crippen LogP contribution in [-0.4, -0.2) is 44.6 Å². The maximum Gasteiger partial charge on any atom is 0.332 e. The number of anilines is 2. The smallest absolute Gasteiger partial charge is 0.332 e. The number of halogens is 1. The van der Waals surface area contributed by atoms with Gasteiger partial charge in [-0.3, -0.25) is 23.6 Å². The number of hydrogen-bond donors (Lipinski definition) is 4. The first-order chi connectivity index (χ1) is 13.2. The molecule has 28 heavy (non-hydrogen) atoms. The summed E-state index contributed by atoms with van der Waals surface area (Å²) in [7, 11) is 2.69. The van der Waals surface area contributed by atoms with Crippen LogP contribution < -0.4 is 22.0 Å². The average molecular weight is 504 g/mol. The molecule has 1 aromatic carbocycles. The molecule has 0 aliphatic carbocycles. The van der Waals surface area contributed by atoms with Gasteiger partial charge in [0.25, 0.3) is 11.5 Å². The molecule has 1 aromatic heterocycles. The van der Waals surface area contributed by atoms with E-state index in [0.717, 1.165) is 18.3 Å². The molecular weight excluding hydrogens is 483 g/mol. The zero-order valence-corrected chi connectivity index (χ0v) is 17.7. The summed E-state index contributed by atoms with van der Waals surface area (Å²) < 4.78 is 2.96. The van der Waals surface area contributed by atoms with E-state index in [0.29, 0.717) is 5.69 Å². The van der Waals surface area contributed by atoms with Crippen LogP contribution in [0.1, 0.15) is 15.9 Å². The van der Waals surface area contributed by atoms with E-state index in [2.05, 4.69) is 27.9 Å². The minimum atomic E-state index is -1.18. The Bertz CT molecular complexity index is 1000. The number of amides is 1. The first kappa shape index (κ1) is 22.1. The zero-order chi connectivity index (χ0) is 21.0. The van der Waals surface area contributed by atoms with Gasteiger partial charge in [0.2, 0.25) is 0 Å². The van der Waals surface area contributed by atoms with Gasteiger partial charge in [-0.2, -0.15) is 0 Å². The standard InChI is InChI=1S/C17H21IN4O6/c1-9-6-10(18)4-5-12(9)19-14-13(15(25)20-28-8-11(24)7-23)16(26)22(3)17(27)21(14)2/h4-6,11,19,23-24H,7-8H2,1-3H3,(H,20,25)/t11-/m1/s1. The summed E-state index contributed by atoms with van der Waals surface area (Å²) in [6, 6.07) is 5.52. The van der Waals surface area contributed by atoms with E-state index < -0.39 is 29.9 Å². The molecule has 11 heteroatoms. The molecule has 1 heterocycles. The monoisotopic (exact) mass is 504 g/mol. The van der Waals surface area contributed by atoms with Crippen molar-refractivity contribution in [3.05, 3.63) is 53.7 Å². The van der Waals surface area contributed by atoms with Gasteiger partial charge in [-0.1, -0.05) is 0 Å². The summed E-state index contributed by atoms with van der Waals surface area (Å²) in [6.07, 6.45) is -1.18. The normalized spacial score (nSPS) is 11.9. The third kappa shape index (κ3) is 4.79. The van der Waals surface area contributed by atoms with Crippen LogP contribution in [0.15, 0.2) is 27.8 Å². The summed E-state index contributed by atoms with van der Waals surface area (Å²) in [5, 5.41) is 21.0. The van der Waals surface area contributed by atoms with E-state index in [-0.39, 0.29) is 18.0 Å². The van der Waals surface area contributed by atoms with Crippen LogP contribution in [0.25, 0.3) is 0 Å². The van der Waals surface area contributed by atoms with Gasteiger partial charge in [-0.25, -0.2) is 10.3 Å². The number of aromatic nitrogens is 2. The number of nitrogens with zero attached hydrogens (tertiary/aromatic N) is 2. The van der Waals surface area contributed by atoms with Crippen LogP contribution in [-0.2, 0) is 18.9 Å². The number of nitrogens with one attached hydrogen (secondary N) is 2. The second kappa shape index (κ2) is 9.32. The lowest BCUT2D eigenvalue weighted by Crippen LogP contribution is -2.44. The summed E-state index contributed by atoms with van der Waals surface area (Å²) in [5.74, 6) is -0.895. The Hall–Kier alpha value is -2.22. The molecule has 0 saturated carbocycles. The fourth-order valence-corrected chi connectivity index (χ4v) is 3.04. The van der Waals surface area contributed by atoms with Crippen molar-refractivity contribution in [3.63, 3.8) is 0 Å². The minimum Gasteiger partial charge on any atom is -0.394 e. The fourth-order valence-electron chi connectivity index (χ4n) is 2.40. The van der Waals surface area contributed by atoms with E-state index in [4.69, 9.17) is 9.94 Å². The van der Waals surface area contributed by atoms with E-state index in [1.165, 1.54) is 14.1 Å². The summed E-state index contributed by atoms with van der Waals surface area (Å²) in [6.45, 7) is 0.937.